The molecule has 0 amide bonds. The van der Waals surface area contributed by atoms with Gasteiger partial charge in [-0.25, -0.2) is 13.9 Å². The van der Waals surface area contributed by atoms with Gasteiger partial charge in [-0.2, -0.15) is 0 Å². The van der Waals surface area contributed by atoms with E-state index in [9.17, 15) is 9.18 Å². The Hall–Kier alpha value is -2.50. The smallest absolute Gasteiger partial charge is 0.344 e. The van der Waals surface area contributed by atoms with E-state index >= 15 is 0 Å². The van der Waals surface area contributed by atoms with Gasteiger partial charge < -0.3 is 15.8 Å². The molecule has 17 heavy (non-hydrogen) atoms. The molecule has 0 radical (unpaired) electrons. The first-order valence-electron chi connectivity index (χ1n) is 4.99. The molecule has 5 nitrogen and oxygen atoms in total. The van der Waals surface area contributed by atoms with Gasteiger partial charge in [-0.3, -0.25) is 0 Å². The molecule has 3 rings (SSSR count). The van der Waals surface area contributed by atoms with Crippen LogP contribution < -0.4 is 11.5 Å². The number of hydrogen-bond donors (Lipinski definition) is 3. The molecule has 0 aliphatic carbocycles. The third kappa shape index (κ3) is 1.34. The first-order valence-corrected chi connectivity index (χ1v) is 4.99. The number of fused-ring (bicyclic) bond motifs is 1. The molecule has 0 aliphatic heterocycles. The first-order chi connectivity index (χ1) is 8.16. The van der Waals surface area contributed by atoms with Crippen molar-refractivity contribution >= 4 is 10.9 Å². The van der Waals surface area contributed by atoms with Crippen molar-refractivity contribution in [1.82, 2.24) is 14.6 Å². The molecule has 86 valence electrons. The Morgan fingerprint density at radius 2 is 2.18 bits per heavy atom. The Morgan fingerprint density at radius 3 is 2.88 bits per heavy atom. The molecule has 2 heterocycles. The third-order valence-corrected chi connectivity index (χ3v) is 2.70. The van der Waals surface area contributed by atoms with Crippen LogP contribution in [0.5, 0.6) is 0 Å². The van der Waals surface area contributed by atoms with E-state index in [1.54, 1.807) is 18.3 Å². The molecule has 0 fully saturated rings. The van der Waals surface area contributed by atoms with Crippen LogP contribution in [0.25, 0.3) is 22.2 Å². The Morgan fingerprint density at radius 1 is 1.35 bits per heavy atom. The van der Waals surface area contributed by atoms with Crippen LogP contribution in [0.1, 0.15) is 0 Å². The van der Waals surface area contributed by atoms with Gasteiger partial charge in [0, 0.05) is 17.1 Å². The van der Waals surface area contributed by atoms with Crippen molar-refractivity contribution in [3.8, 4) is 11.3 Å². The van der Waals surface area contributed by atoms with Gasteiger partial charge in [-0.15, -0.1) is 0 Å². The van der Waals surface area contributed by atoms with Gasteiger partial charge >= 0.3 is 5.69 Å². The molecule has 4 N–H and O–H groups in total. The first kappa shape index (κ1) is 9.71. The van der Waals surface area contributed by atoms with Crippen molar-refractivity contribution in [2.45, 2.75) is 0 Å². The SMILES string of the molecule is Nn1cc(-c2c[nH]c3c(F)cccc23)[nH]c1=O. The molecular formula is C11H9FN4O. The van der Waals surface area contributed by atoms with Gasteiger partial charge in [0.25, 0.3) is 0 Å². The van der Waals surface area contributed by atoms with Gasteiger partial charge in [0.15, 0.2) is 0 Å². The highest BCUT2D eigenvalue weighted by atomic mass is 19.1. The summed E-state index contributed by atoms with van der Waals surface area (Å²) < 4.78 is 14.4. The number of aromatic nitrogens is 3. The fraction of sp³-hybridized carbons (Fsp3) is 0. The highest BCUT2D eigenvalue weighted by Crippen LogP contribution is 2.27. The van der Waals surface area contributed by atoms with Crippen LogP contribution in [0.2, 0.25) is 0 Å². The average molecular weight is 232 g/mol. The lowest BCUT2D eigenvalue weighted by Gasteiger charge is -1.95. The van der Waals surface area contributed by atoms with Crippen LogP contribution >= 0.6 is 0 Å². The van der Waals surface area contributed by atoms with E-state index in [0.29, 0.717) is 22.2 Å². The largest absolute Gasteiger partial charge is 0.358 e. The lowest BCUT2D eigenvalue weighted by molar-refractivity contribution is 0.637. The molecule has 6 heteroatoms. The summed E-state index contributed by atoms with van der Waals surface area (Å²) in [5.41, 5.74) is 1.26. The number of nitrogen functional groups attached to an aromatic ring is 1. The van der Waals surface area contributed by atoms with Gasteiger partial charge in [-0.1, -0.05) is 12.1 Å². The number of hydrogen-bond acceptors (Lipinski definition) is 2. The van der Waals surface area contributed by atoms with Crippen molar-refractivity contribution in [2.24, 2.45) is 0 Å². The number of nitrogens with one attached hydrogen (secondary N) is 2. The van der Waals surface area contributed by atoms with E-state index in [1.807, 2.05) is 0 Å². The minimum atomic E-state index is -0.411. The molecule has 1 aromatic carbocycles. The number of nitrogens with two attached hydrogens (primary N) is 1. The van der Waals surface area contributed by atoms with Gasteiger partial charge in [0.05, 0.1) is 17.4 Å². The number of rotatable bonds is 1. The number of imidazole rings is 1. The molecule has 0 aliphatic rings. The molecular weight excluding hydrogens is 223 g/mol. The summed E-state index contributed by atoms with van der Waals surface area (Å²) in [6.45, 7) is 0. The van der Waals surface area contributed by atoms with Crippen LogP contribution in [-0.4, -0.2) is 14.6 Å². The number of para-hydroxylation sites is 1. The molecule has 0 saturated heterocycles. The fourth-order valence-corrected chi connectivity index (χ4v) is 1.89. The lowest BCUT2D eigenvalue weighted by atomic mass is 10.1. The summed E-state index contributed by atoms with van der Waals surface area (Å²) in [5.74, 6) is 5.08. The quantitative estimate of drug-likeness (QED) is 0.551. The highest BCUT2D eigenvalue weighted by Gasteiger charge is 2.11. The molecule has 0 saturated carbocycles. The monoisotopic (exact) mass is 232 g/mol. The number of aromatic amines is 2. The Balaban J connectivity index is 2.31. The molecule has 0 spiro atoms. The minimum absolute atomic E-state index is 0.330. The zero-order valence-electron chi connectivity index (χ0n) is 8.70. The lowest BCUT2D eigenvalue weighted by Crippen LogP contribution is -2.22. The minimum Gasteiger partial charge on any atom is -0.358 e. The Labute approximate surface area is 94.7 Å². The number of nitrogens with zero attached hydrogens (tertiary/aromatic N) is 1. The average Bonchev–Trinajstić information content (AvgIpc) is 2.85. The number of H-pyrrole nitrogens is 2. The van der Waals surface area contributed by atoms with E-state index in [-0.39, 0.29) is 5.82 Å². The van der Waals surface area contributed by atoms with Crippen LogP contribution in [0.15, 0.2) is 35.4 Å². The molecule has 3 aromatic rings. The van der Waals surface area contributed by atoms with Crippen LogP contribution in [0, 0.1) is 5.82 Å². The zero-order chi connectivity index (χ0) is 12.0. The van der Waals surface area contributed by atoms with Gasteiger partial charge in [-0.05, 0) is 6.07 Å². The standard InChI is InChI=1S/C11H9FN4O/c12-8-3-1-2-6-7(4-14-10(6)8)9-5-16(13)11(17)15-9/h1-5,14H,13H2,(H,15,17). The molecule has 2 aromatic heterocycles. The van der Waals surface area contributed by atoms with E-state index in [4.69, 9.17) is 5.84 Å². The van der Waals surface area contributed by atoms with Crippen LogP contribution in [0.3, 0.4) is 0 Å². The maximum atomic E-state index is 13.5. The predicted molar refractivity (Wildman–Crippen MR) is 62.5 cm³/mol. The number of benzene rings is 1. The summed E-state index contributed by atoms with van der Waals surface area (Å²) >= 11 is 0. The van der Waals surface area contributed by atoms with Crippen molar-refractivity contribution in [3.63, 3.8) is 0 Å². The normalized spacial score (nSPS) is 11.1. The molecule has 0 atom stereocenters. The Bertz CT molecular complexity index is 752. The van der Waals surface area contributed by atoms with Gasteiger partial charge in [0.2, 0.25) is 0 Å². The van der Waals surface area contributed by atoms with E-state index < -0.39 is 5.69 Å². The summed E-state index contributed by atoms with van der Waals surface area (Å²) in [7, 11) is 0. The van der Waals surface area contributed by atoms with E-state index in [0.717, 1.165) is 4.68 Å². The second-order valence-corrected chi connectivity index (χ2v) is 3.74. The second-order valence-electron chi connectivity index (χ2n) is 3.74. The molecule has 0 bridgehead atoms. The van der Waals surface area contributed by atoms with Crippen molar-refractivity contribution < 1.29 is 4.39 Å². The van der Waals surface area contributed by atoms with E-state index in [2.05, 4.69) is 9.97 Å². The van der Waals surface area contributed by atoms with Crippen molar-refractivity contribution in [1.29, 1.82) is 0 Å². The summed E-state index contributed by atoms with van der Waals surface area (Å²) in [5, 5.41) is 0.701. The van der Waals surface area contributed by atoms with Crippen molar-refractivity contribution in [2.75, 3.05) is 5.84 Å². The third-order valence-electron chi connectivity index (χ3n) is 2.70. The highest BCUT2D eigenvalue weighted by molar-refractivity contribution is 5.94. The second kappa shape index (κ2) is 3.24. The maximum absolute atomic E-state index is 13.5. The van der Waals surface area contributed by atoms with Crippen LogP contribution in [0.4, 0.5) is 4.39 Å². The van der Waals surface area contributed by atoms with E-state index in [1.165, 1.54) is 12.3 Å². The molecule has 0 unspecified atom stereocenters. The zero-order valence-corrected chi connectivity index (χ0v) is 8.70. The van der Waals surface area contributed by atoms with Gasteiger partial charge in [0.1, 0.15) is 5.82 Å². The fourth-order valence-electron chi connectivity index (χ4n) is 1.89. The Kier molecular flexibility index (Phi) is 1.85. The topological polar surface area (TPSA) is 79.6 Å². The summed E-state index contributed by atoms with van der Waals surface area (Å²) in [6.07, 6.45) is 3.11. The number of halogens is 1. The summed E-state index contributed by atoms with van der Waals surface area (Å²) in [6, 6.07) is 4.77. The maximum Gasteiger partial charge on any atom is 0.344 e. The summed E-state index contributed by atoms with van der Waals surface area (Å²) in [4.78, 5) is 16.7. The van der Waals surface area contributed by atoms with Crippen LogP contribution in [-0.2, 0) is 0 Å². The van der Waals surface area contributed by atoms with Crippen molar-refractivity contribution in [3.05, 3.63) is 46.9 Å². The predicted octanol–water partition coefficient (Wildman–Crippen LogP) is 1.18.